The molecule has 2 aliphatic rings. The summed E-state index contributed by atoms with van der Waals surface area (Å²) in [5.74, 6) is 1.61. The van der Waals surface area contributed by atoms with Gasteiger partial charge < -0.3 is 9.84 Å². The first-order chi connectivity index (χ1) is 9.12. The van der Waals surface area contributed by atoms with Gasteiger partial charge in [-0.15, -0.1) is 0 Å². The lowest BCUT2D eigenvalue weighted by Gasteiger charge is -2.45. The van der Waals surface area contributed by atoms with Crippen molar-refractivity contribution in [1.82, 2.24) is 0 Å². The van der Waals surface area contributed by atoms with Crippen LogP contribution in [0.4, 0.5) is 0 Å². The standard InChI is InChI=1S/C16H21BrO2/c1-2-11-4-3-7-16(9-11)10-14(18)13-6-5-12(17)8-15(13)19-16/h5-6,8,11,14,18H,2-4,7,9-10H2,1H3/t11?,14-,16?/m0/s1. The van der Waals surface area contributed by atoms with E-state index >= 15 is 0 Å². The predicted molar refractivity (Wildman–Crippen MR) is 79.3 cm³/mol. The molecular formula is C16H21BrO2. The largest absolute Gasteiger partial charge is 0.487 e. The zero-order chi connectivity index (χ0) is 13.5. The molecule has 3 heteroatoms. The van der Waals surface area contributed by atoms with Gasteiger partial charge in [-0.1, -0.05) is 41.8 Å². The van der Waals surface area contributed by atoms with Crippen molar-refractivity contribution < 1.29 is 9.84 Å². The first-order valence-electron chi connectivity index (χ1n) is 7.28. The third kappa shape index (κ3) is 2.55. The minimum atomic E-state index is -0.382. The number of hydrogen-bond acceptors (Lipinski definition) is 2. The molecule has 0 radical (unpaired) electrons. The molecule has 1 heterocycles. The highest BCUT2D eigenvalue weighted by molar-refractivity contribution is 9.10. The van der Waals surface area contributed by atoms with Crippen molar-refractivity contribution in [2.75, 3.05) is 0 Å². The number of rotatable bonds is 1. The van der Waals surface area contributed by atoms with Gasteiger partial charge in [-0.3, -0.25) is 0 Å². The lowest BCUT2D eigenvalue weighted by atomic mass is 9.72. The van der Waals surface area contributed by atoms with Crippen LogP contribution in [0.3, 0.4) is 0 Å². The first-order valence-corrected chi connectivity index (χ1v) is 8.08. The van der Waals surface area contributed by atoms with Crippen LogP contribution in [0.25, 0.3) is 0 Å². The molecule has 0 bridgehead atoms. The van der Waals surface area contributed by atoms with E-state index < -0.39 is 0 Å². The fraction of sp³-hybridized carbons (Fsp3) is 0.625. The second-order valence-corrected chi connectivity index (χ2v) is 6.97. The van der Waals surface area contributed by atoms with Crippen LogP contribution in [0.2, 0.25) is 0 Å². The Morgan fingerprint density at radius 1 is 1.42 bits per heavy atom. The highest BCUT2D eigenvalue weighted by Crippen LogP contribution is 2.48. The Hall–Kier alpha value is -0.540. The first kappa shape index (κ1) is 13.4. The van der Waals surface area contributed by atoms with E-state index in [9.17, 15) is 5.11 Å². The molecule has 1 aromatic carbocycles. The van der Waals surface area contributed by atoms with Crippen LogP contribution in [0.5, 0.6) is 5.75 Å². The number of halogens is 1. The van der Waals surface area contributed by atoms with E-state index in [2.05, 4.69) is 22.9 Å². The molecule has 1 N–H and O–H groups in total. The molecule has 1 saturated carbocycles. The van der Waals surface area contributed by atoms with Gasteiger partial charge in [0.15, 0.2) is 0 Å². The van der Waals surface area contributed by atoms with Gasteiger partial charge >= 0.3 is 0 Å². The van der Waals surface area contributed by atoms with Gasteiger partial charge in [0, 0.05) is 16.5 Å². The van der Waals surface area contributed by atoms with Crippen LogP contribution in [0.15, 0.2) is 22.7 Å². The summed E-state index contributed by atoms with van der Waals surface area (Å²) in [5.41, 5.74) is 0.805. The highest BCUT2D eigenvalue weighted by Gasteiger charge is 2.43. The molecular weight excluding hydrogens is 304 g/mol. The molecule has 2 nitrogen and oxygen atoms in total. The van der Waals surface area contributed by atoms with E-state index in [1.54, 1.807) is 0 Å². The van der Waals surface area contributed by atoms with Crippen LogP contribution in [0.1, 0.15) is 57.1 Å². The fourth-order valence-corrected chi connectivity index (χ4v) is 4.02. The molecule has 19 heavy (non-hydrogen) atoms. The van der Waals surface area contributed by atoms with Gasteiger partial charge in [0.25, 0.3) is 0 Å². The number of benzene rings is 1. The summed E-state index contributed by atoms with van der Waals surface area (Å²) in [6.45, 7) is 2.26. The Kier molecular flexibility index (Phi) is 3.61. The summed E-state index contributed by atoms with van der Waals surface area (Å²) in [4.78, 5) is 0. The number of aliphatic hydroxyl groups excluding tert-OH is 1. The van der Waals surface area contributed by atoms with Crippen LogP contribution < -0.4 is 4.74 Å². The molecule has 1 spiro atoms. The molecule has 2 unspecified atom stereocenters. The van der Waals surface area contributed by atoms with Crippen molar-refractivity contribution in [3.63, 3.8) is 0 Å². The number of aliphatic hydroxyl groups is 1. The Balaban J connectivity index is 1.90. The topological polar surface area (TPSA) is 29.5 Å². The summed E-state index contributed by atoms with van der Waals surface area (Å²) in [7, 11) is 0. The van der Waals surface area contributed by atoms with E-state index in [-0.39, 0.29) is 11.7 Å². The van der Waals surface area contributed by atoms with E-state index in [4.69, 9.17) is 4.74 Å². The van der Waals surface area contributed by atoms with Crippen molar-refractivity contribution in [2.24, 2.45) is 5.92 Å². The van der Waals surface area contributed by atoms with Gasteiger partial charge in [0.2, 0.25) is 0 Å². The number of ether oxygens (including phenoxy) is 1. The van der Waals surface area contributed by atoms with E-state index in [0.717, 1.165) is 41.0 Å². The second kappa shape index (κ2) is 5.10. The van der Waals surface area contributed by atoms with Crippen molar-refractivity contribution in [1.29, 1.82) is 0 Å². The average molecular weight is 325 g/mol. The molecule has 3 atom stereocenters. The van der Waals surface area contributed by atoms with Crippen molar-refractivity contribution in [3.8, 4) is 5.75 Å². The molecule has 1 fully saturated rings. The summed E-state index contributed by atoms with van der Waals surface area (Å²) in [6.07, 6.45) is 6.27. The predicted octanol–water partition coefficient (Wildman–Crippen LogP) is 4.60. The Morgan fingerprint density at radius 3 is 3.05 bits per heavy atom. The third-order valence-corrected chi connectivity index (χ3v) is 5.20. The summed E-state index contributed by atoms with van der Waals surface area (Å²) < 4.78 is 7.37. The van der Waals surface area contributed by atoms with E-state index in [1.807, 2.05) is 18.2 Å². The summed E-state index contributed by atoms with van der Waals surface area (Å²) >= 11 is 3.49. The molecule has 1 aromatic rings. The van der Waals surface area contributed by atoms with Crippen molar-refractivity contribution in [2.45, 2.75) is 57.2 Å². The third-order valence-electron chi connectivity index (χ3n) is 4.71. The maximum Gasteiger partial charge on any atom is 0.127 e. The highest BCUT2D eigenvalue weighted by atomic mass is 79.9. The van der Waals surface area contributed by atoms with E-state index in [1.165, 1.54) is 19.3 Å². The minimum Gasteiger partial charge on any atom is -0.487 e. The van der Waals surface area contributed by atoms with Gasteiger partial charge in [-0.25, -0.2) is 0 Å². The molecule has 1 aliphatic heterocycles. The smallest absolute Gasteiger partial charge is 0.127 e. The monoisotopic (exact) mass is 324 g/mol. The van der Waals surface area contributed by atoms with Crippen LogP contribution in [-0.2, 0) is 0 Å². The van der Waals surface area contributed by atoms with Gasteiger partial charge in [0.1, 0.15) is 11.4 Å². The normalized spacial score (nSPS) is 33.8. The Bertz CT molecular complexity index is 474. The van der Waals surface area contributed by atoms with Gasteiger partial charge in [-0.05, 0) is 37.3 Å². The summed E-state index contributed by atoms with van der Waals surface area (Å²) in [6, 6.07) is 5.94. The maximum absolute atomic E-state index is 10.4. The van der Waals surface area contributed by atoms with Crippen LogP contribution in [0, 0.1) is 5.92 Å². The van der Waals surface area contributed by atoms with Crippen LogP contribution >= 0.6 is 15.9 Å². The zero-order valence-electron chi connectivity index (χ0n) is 11.4. The molecule has 0 amide bonds. The summed E-state index contributed by atoms with van der Waals surface area (Å²) in [5, 5.41) is 10.4. The van der Waals surface area contributed by atoms with Crippen LogP contribution in [-0.4, -0.2) is 10.7 Å². The lowest BCUT2D eigenvalue weighted by molar-refractivity contribution is -0.0521. The Labute approximate surface area is 123 Å². The van der Waals surface area contributed by atoms with Crippen molar-refractivity contribution >= 4 is 15.9 Å². The minimum absolute atomic E-state index is 0.133. The lowest BCUT2D eigenvalue weighted by Crippen LogP contribution is -2.45. The average Bonchev–Trinajstić information content (AvgIpc) is 2.38. The van der Waals surface area contributed by atoms with Gasteiger partial charge in [0.05, 0.1) is 6.10 Å². The Morgan fingerprint density at radius 2 is 2.26 bits per heavy atom. The molecule has 0 saturated heterocycles. The molecule has 1 aliphatic carbocycles. The quantitative estimate of drug-likeness (QED) is 0.817. The van der Waals surface area contributed by atoms with Crippen molar-refractivity contribution in [3.05, 3.63) is 28.2 Å². The fourth-order valence-electron chi connectivity index (χ4n) is 3.68. The number of fused-ring (bicyclic) bond motifs is 1. The van der Waals surface area contributed by atoms with E-state index in [0.29, 0.717) is 0 Å². The number of hydrogen-bond donors (Lipinski definition) is 1. The molecule has 0 aromatic heterocycles. The van der Waals surface area contributed by atoms with Gasteiger partial charge in [-0.2, -0.15) is 0 Å². The second-order valence-electron chi connectivity index (χ2n) is 6.06. The molecule has 3 rings (SSSR count). The molecule has 104 valence electrons. The maximum atomic E-state index is 10.4. The SMILES string of the molecule is CCC1CCCC2(C1)C[C@H](O)c1ccc(Br)cc1O2. The zero-order valence-corrected chi connectivity index (χ0v) is 12.9.